The van der Waals surface area contributed by atoms with Gasteiger partial charge in [-0.05, 0) is 51.1 Å². The lowest BCUT2D eigenvalue weighted by molar-refractivity contribution is -0.385. The molecule has 1 aromatic rings. The van der Waals surface area contributed by atoms with E-state index in [1.54, 1.807) is 51.3 Å². The molecule has 1 aromatic carbocycles. The smallest absolute Gasteiger partial charge is 0.272 e. The number of halogens is 1. The minimum Gasteiger partial charge on any atom is -0.384 e. The standard InChI is InChI=1S/C19H26FN5O2/c1-5-7-17(21)24-19(20)18(22-10-6-2)14(4)23-12-15-8-9-16(25(26)27)13(3)11-15/h6-11,22-23H,5,12,21H2,1-4H3/b10-6?,17-7-,18-14-,24-19+. The summed E-state index contributed by atoms with van der Waals surface area (Å²) >= 11 is 0. The zero-order chi connectivity index (χ0) is 20.4. The largest absolute Gasteiger partial charge is 0.384 e. The zero-order valence-corrected chi connectivity index (χ0v) is 16.0. The average Bonchev–Trinajstić information content (AvgIpc) is 2.60. The lowest BCUT2D eigenvalue weighted by Crippen LogP contribution is -2.22. The molecule has 0 radical (unpaired) electrons. The third-order valence-corrected chi connectivity index (χ3v) is 3.63. The van der Waals surface area contributed by atoms with Crippen LogP contribution in [0.1, 0.15) is 38.3 Å². The number of nitrogens with one attached hydrogen (secondary N) is 2. The van der Waals surface area contributed by atoms with Crippen molar-refractivity contribution < 1.29 is 9.31 Å². The van der Waals surface area contributed by atoms with E-state index >= 15 is 0 Å². The van der Waals surface area contributed by atoms with E-state index < -0.39 is 10.9 Å². The van der Waals surface area contributed by atoms with E-state index in [4.69, 9.17) is 5.73 Å². The van der Waals surface area contributed by atoms with Crippen LogP contribution >= 0.6 is 0 Å². The van der Waals surface area contributed by atoms with Crippen molar-refractivity contribution in [2.45, 2.75) is 40.7 Å². The highest BCUT2D eigenvalue weighted by atomic mass is 19.1. The first kappa shape index (κ1) is 21.9. The van der Waals surface area contributed by atoms with E-state index in [0.717, 1.165) is 5.56 Å². The van der Waals surface area contributed by atoms with Gasteiger partial charge in [0.05, 0.1) is 4.92 Å². The van der Waals surface area contributed by atoms with Crippen molar-refractivity contribution >= 4 is 11.7 Å². The van der Waals surface area contributed by atoms with Crippen molar-refractivity contribution in [1.29, 1.82) is 0 Å². The minimum absolute atomic E-state index is 0.0674. The van der Waals surface area contributed by atoms with Crippen molar-refractivity contribution in [3.63, 3.8) is 0 Å². The summed E-state index contributed by atoms with van der Waals surface area (Å²) in [5.41, 5.74) is 7.82. The minimum atomic E-state index is -0.736. The Morgan fingerprint density at radius 2 is 2.15 bits per heavy atom. The molecule has 146 valence electrons. The van der Waals surface area contributed by atoms with Crippen molar-refractivity contribution in [2.75, 3.05) is 0 Å². The second-order valence-electron chi connectivity index (χ2n) is 5.82. The van der Waals surface area contributed by atoms with E-state index in [1.165, 1.54) is 6.07 Å². The van der Waals surface area contributed by atoms with Crippen LogP contribution in [-0.2, 0) is 6.54 Å². The van der Waals surface area contributed by atoms with E-state index in [2.05, 4.69) is 15.6 Å². The van der Waals surface area contributed by atoms with Crippen LogP contribution in [0.2, 0.25) is 0 Å². The highest BCUT2D eigenvalue weighted by Crippen LogP contribution is 2.19. The van der Waals surface area contributed by atoms with E-state index in [-0.39, 0.29) is 17.2 Å². The number of nitrogens with zero attached hydrogens (tertiary/aromatic N) is 2. The maximum absolute atomic E-state index is 14.5. The Labute approximate surface area is 158 Å². The van der Waals surface area contributed by atoms with Crippen LogP contribution < -0.4 is 16.4 Å². The molecule has 0 spiro atoms. The molecule has 0 aliphatic rings. The summed E-state index contributed by atoms with van der Waals surface area (Å²) in [7, 11) is 0. The van der Waals surface area contributed by atoms with Gasteiger partial charge in [0.15, 0.2) is 0 Å². The lowest BCUT2D eigenvalue weighted by Gasteiger charge is -2.13. The van der Waals surface area contributed by atoms with E-state index in [0.29, 0.717) is 24.2 Å². The number of allylic oxidation sites excluding steroid dienone is 4. The van der Waals surface area contributed by atoms with Crippen LogP contribution in [0.4, 0.5) is 10.1 Å². The monoisotopic (exact) mass is 375 g/mol. The van der Waals surface area contributed by atoms with Crippen LogP contribution in [0, 0.1) is 17.0 Å². The van der Waals surface area contributed by atoms with Crippen molar-refractivity contribution in [3.8, 4) is 0 Å². The summed E-state index contributed by atoms with van der Waals surface area (Å²) in [6.07, 6.45) is 5.59. The maximum Gasteiger partial charge on any atom is 0.272 e. The van der Waals surface area contributed by atoms with Gasteiger partial charge in [-0.1, -0.05) is 19.1 Å². The number of hydrogen-bond acceptors (Lipinski definition) is 6. The van der Waals surface area contributed by atoms with Crippen LogP contribution in [-0.4, -0.2) is 10.9 Å². The Bertz CT molecular complexity index is 797. The quantitative estimate of drug-likeness (QED) is 0.344. The molecule has 0 amide bonds. The van der Waals surface area contributed by atoms with Gasteiger partial charge in [-0.25, -0.2) is 4.99 Å². The third-order valence-electron chi connectivity index (χ3n) is 3.63. The molecule has 0 fully saturated rings. The summed E-state index contributed by atoms with van der Waals surface area (Å²) < 4.78 is 14.5. The molecule has 4 N–H and O–H groups in total. The molecular formula is C19H26FN5O2. The number of nitro groups is 1. The van der Waals surface area contributed by atoms with Crippen molar-refractivity contribution in [3.05, 3.63) is 75.0 Å². The third kappa shape index (κ3) is 6.93. The van der Waals surface area contributed by atoms with Gasteiger partial charge in [0.25, 0.3) is 5.69 Å². The van der Waals surface area contributed by atoms with Crippen LogP contribution in [0.15, 0.2) is 58.8 Å². The van der Waals surface area contributed by atoms with Crippen LogP contribution in [0.25, 0.3) is 0 Å². The first-order valence-electron chi connectivity index (χ1n) is 8.56. The van der Waals surface area contributed by atoms with E-state index in [9.17, 15) is 14.5 Å². The van der Waals surface area contributed by atoms with E-state index in [1.807, 2.05) is 6.92 Å². The van der Waals surface area contributed by atoms with Gasteiger partial charge in [0, 0.05) is 23.9 Å². The Kier molecular flexibility index (Phi) is 8.71. The number of nitro benzene ring substituents is 1. The van der Waals surface area contributed by atoms with Crippen LogP contribution in [0.3, 0.4) is 0 Å². The van der Waals surface area contributed by atoms with Gasteiger partial charge >= 0.3 is 0 Å². The number of nitrogens with two attached hydrogens (primary N) is 1. The first-order valence-corrected chi connectivity index (χ1v) is 8.56. The topological polar surface area (TPSA) is 106 Å². The highest BCUT2D eigenvalue weighted by molar-refractivity contribution is 5.93. The normalized spacial score (nSPS) is 13.5. The molecular weight excluding hydrogens is 349 g/mol. The number of benzene rings is 1. The molecule has 27 heavy (non-hydrogen) atoms. The molecule has 0 aliphatic heterocycles. The summed E-state index contributed by atoms with van der Waals surface area (Å²) in [6, 6.07) is 4.85. The number of rotatable bonds is 9. The number of aliphatic imine (C=N–C) groups is 1. The Hall–Kier alpha value is -3.16. The fourth-order valence-corrected chi connectivity index (χ4v) is 2.27. The van der Waals surface area contributed by atoms with Gasteiger partial charge in [0.1, 0.15) is 11.5 Å². The molecule has 7 nitrogen and oxygen atoms in total. The number of aryl methyl sites for hydroxylation is 1. The summed E-state index contributed by atoms with van der Waals surface area (Å²) in [4.78, 5) is 14.2. The fourth-order valence-electron chi connectivity index (χ4n) is 2.27. The van der Waals surface area contributed by atoms with Crippen molar-refractivity contribution in [1.82, 2.24) is 10.6 Å². The predicted octanol–water partition coefficient (Wildman–Crippen LogP) is 3.93. The van der Waals surface area contributed by atoms with Gasteiger partial charge in [-0.2, -0.15) is 4.39 Å². The molecule has 1 rings (SSSR count). The Morgan fingerprint density at radius 1 is 1.44 bits per heavy atom. The number of hydrogen-bond donors (Lipinski definition) is 3. The molecule has 0 aliphatic carbocycles. The Balaban J connectivity index is 3.04. The second-order valence-corrected chi connectivity index (χ2v) is 5.82. The molecule has 0 aromatic heterocycles. The van der Waals surface area contributed by atoms with Gasteiger partial charge in [-0.15, -0.1) is 0 Å². The fraction of sp³-hybridized carbons (Fsp3) is 0.316. The van der Waals surface area contributed by atoms with Crippen molar-refractivity contribution in [2.24, 2.45) is 10.7 Å². The average molecular weight is 375 g/mol. The molecule has 0 atom stereocenters. The summed E-state index contributed by atoms with van der Waals surface area (Å²) in [5.74, 6) is -0.631. The first-order chi connectivity index (χ1) is 12.8. The van der Waals surface area contributed by atoms with Gasteiger partial charge < -0.3 is 16.4 Å². The van der Waals surface area contributed by atoms with Crippen LogP contribution in [0.5, 0.6) is 0 Å². The lowest BCUT2D eigenvalue weighted by atomic mass is 10.1. The molecule has 8 heteroatoms. The molecule has 0 saturated carbocycles. The van der Waals surface area contributed by atoms with Gasteiger partial charge in [0.2, 0.25) is 5.97 Å². The summed E-state index contributed by atoms with van der Waals surface area (Å²) in [5, 5.41) is 16.8. The SMILES string of the molecule is CC=CNC(=C(/C)NCc1ccc([N+](=O)[O-])c(C)c1)/C(F)=N\C(N)=C/CC. The predicted molar refractivity (Wildman–Crippen MR) is 106 cm³/mol. The summed E-state index contributed by atoms with van der Waals surface area (Å²) in [6.45, 7) is 7.44. The molecule has 0 unspecified atom stereocenters. The maximum atomic E-state index is 14.5. The highest BCUT2D eigenvalue weighted by Gasteiger charge is 2.12. The molecule has 0 saturated heterocycles. The second kappa shape index (κ2) is 10.7. The molecule has 0 heterocycles. The Morgan fingerprint density at radius 3 is 2.70 bits per heavy atom. The van der Waals surface area contributed by atoms with Gasteiger partial charge in [-0.3, -0.25) is 10.1 Å². The molecule has 0 bridgehead atoms. The zero-order valence-electron chi connectivity index (χ0n) is 16.0.